The van der Waals surface area contributed by atoms with Crippen molar-refractivity contribution in [2.24, 2.45) is 0 Å². The van der Waals surface area contributed by atoms with E-state index < -0.39 is 11.7 Å². The van der Waals surface area contributed by atoms with E-state index in [0.29, 0.717) is 15.2 Å². The maximum absolute atomic E-state index is 12.9. The van der Waals surface area contributed by atoms with Gasteiger partial charge in [-0.1, -0.05) is 35.9 Å². The van der Waals surface area contributed by atoms with Gasteiger partial charge in [0.25, 0.3) is 0 Å². The minimum atomic E-state index is -4.36. The van der Waals surface area contributed by atoms with Gasteiger partial charge in [0, 0.05) is 6.54 Å². The van der Waals surface area contributed by atoms with Gasteiger partial charge in [-0.05, 0) is 39.7 Å². The summed E-state index contributed by atoms with van der Waals surface area (Å²) >= 11 is 9.23. The molecule has 0 heterocycles. The van der Waals surface area contributed by atoms with Crippen molar-refractivity contribution in [1.29, 1.82) is 0 Å². The number of hydrogen-bond acceptors (Lipinski definition) is 1. The van der Waals surface area contributed by atoms with Crippen LogP contribution >= 0.6 is 27.5 Å². The first kappa shape index (κ1) is 15.2. The molecule has 2 rings (SSSR count). The predicted octanol–water partition coefficient (Wildman–Crippen LogP) is 5.73. The summed E-state index contributed by atoms with van der Waals surface area (Å²) in [4.78, 5) is 0. The Morgan fingerprint density at radius 3 is 2.45 bits per heavy atom. The molecule has 0 amide bonds. The summed E-state index contributed by atoms with van der Waals surface area (Å²) in [6.45, 7) is 0.0641. The lowest BCUT2D eigenvalue weighted by Gasteiger charge is -2.14. The molecular weight excluding hydrogens is 355 g/mol. The Hall–Kier alpha value is -1.20. The van der Waals surface area contributed by atoms with E-state index in [1.165, 1.54) is 12.1 Å². The largest absolute Gasteiger partial charge is 0.416 e. The highest BCUT2D eigenvalue weighted by Gasteiger charge is 2.32. The fourth-order valence-electron chi connectivity index (χ4n) is 1.78. The van der Waals surface area contributed by atoms with E-state index in [1.54, 1.807) is 24.3 Å². The molecule has 0 saturated carbocycles. The summed E-state index contributed by atoms with van der Waals surface area (Å²) in [7, 11) is 0. The lowest BCUT2D eigenvalue weighted by atomic mass is 10.1. The second-order valence-corrected chi connectivity index (χ2v) is 5.31. The Morgan fingerprint density at radius 1 is 1.05 bits per heavy atom. The summed E-state index contributed by atoms with van der Waals surface area (Å²) < 4.78 is 39.2. The van der Waals surface area contributed by atoms with Crippen LogP contribution in [0.2, 0.25) is 5.02 Å². The van der Waals surface area contributed by atoms with Crippen LogP contribution in [0, 0.1) is 0 Å². The van der Waals surface area contributed by atoms with Gasteiger partial charge in [-0.3, -0.25) is 0 Å². The molecule has 20 heavy (non-hydrogen) atoms. The summed E-state index contributed by atoms with van der Waals surface area (Å²) in [6.07, 6.45) is -4.36. The number of alkyl halides is 3. The second-order valence-electron chi connectivity index (χ2n) is 4.11. The van der Waals surface area contributed by atoms with Gasteiger partial charge in [-0.25, -0.2) is 0 Å². The Labute approximate surface area is 127 Å². The van der Waals surface area contributed by atoms with Crippen LogP contribution in [0.15, 0.2) is 46.9 Å². The van der Waals surface area contributed by atoms with Crippen molar-refractivity contribution in [3.63, 3.8) is 0 Å². The molecule has 2 aromatic rings. The van der Waals surface area contributed by atoms with Crippen LogP contribution in [-0.2, 0) is 12.7 Å². The van der Waals surface area contributed by atoms with Crippen molar-refractivity contribution in [2.45, 2.75) is 12.7 Å². The fraction of sp³-hybridized carbons (Fsp3) is 0.143. The number of halogens is 5. The second kappa shape index (κ2) is 6.06. The smallest absolute Gasteiger partial charge is 0.380 e. The maximum Gasteiger partial charge on any atom is 0.416 e. The van der Waals surface area contributed by atoms with E-state index in [0.717, 1.165) is 6.07 Å². The van der Waals surface area contributed by atoms with Crippen LogP contribution in [0.4, 0.5) is 18.9 Å². The minimum absolute atomic E-state index is 0.0641. The first-order valence-corrected chi connectivity index (χ1v) is 6.89. The zero-order chi connectivity index (χ0) is 14.8. The summed E-state index contributed by atoms with van der Waals surface area (Å²) in [5, 5.41) is 3.45. The van der Waals surface area contributed by atoms with Crippen LogP contribution in [0.3, 0.4) is 0 Å². The molecule has 6 heteroatoms. The van der Waals surface area contributed by atoms with Gasteiger partial charge in [0.1, 0.15) is 0 Å². The fourth-order valence-corrected chi connectivity index (χ4v) is 2.36. The maximum atomic E-state index is 12.9. The van der Waals surface area contributed by atoms with Gasteiger partial charge >= 0.3 is 6.18 Å². The highest BCUT2D eigenvalue weighted by Crippen LogP contribution is 2.33. The van der Waals surface area contributed by atoms with Crippen molar-refractivity contribution < 1.29 is 13.2 Å². The molecule has 0 aliphatic heterocycles. The van der Waals surface area contributed by atoms with Gasteiger partial charge < -0.3 is 5.32 Å². The Balaban J connectivity index is 2.22. The molecule has 0 saturated heterocycles. The van der Waals surface area contributed by atoms with Crippen LogP contribution in [0.25, 0.3) is 0 Å². The zero-order valence-electron chi connectivity index (χ0n) is 10.1. The third-order valence-corrected chi connectivity index (χ3v) is 4.14. The molecule has 0 bridgehead atoms. The molecule has 0 aromatic heterocycles. The van der Waals surface area contributed by atoms with Crippen molar-refractivity contribution >= 4 is 33.2 Å². The minimum Gasteiger partial charge on any atom is -0.380 e. The van der Waals surface area contributed by atoms with Gasteiger partial charge in [0.05, 0.1) is 20.7 Å². The van der Waals surface area contributed by atoms with E-state index >= 15 is 0 Å². The van der Waals surface area contributed by atoms with E-state index in [-0.39, 0.29) is 12.1 Å². The van der Waals surface area contributed by atoms with Crippen LogP contribution in [-0.4, -0.2) is 0 Å². The van der Waals surface area contributed by atoms with Crippen LogP contribution < -0.4 is 5.32 Å². The average Bonchev–Trinajstić information content (AvgIpc) is 2.40. The topological polar surface area (TPSA) is 12.0 Å². The number of anilines is 1. The number of benzene rings is 2. The van der Waals surface area contributed by atoms with Crippen molar-refractivity contribution in [3.8, 4) is 0 Å². The van der Waals surface area contributed by atoms with Crippen LogP contribution in [0.5, 0.6) is 0 Å². The molecular formula is C14H10BrClF3N. The van der Waals surface area contributed by atoms with Crippen molar-refractivity contribution in [2.75, 3.05) is 5.32 Å². The third-order valence-electron chi connectivity index (χ3n) is 2.74. The van der Waals surface area contributed by atoms with Gasteiger partial charge in [0.15, 0.2) is 0 Å². The summed E-state index contributed by atoms with van der Waals surface area (Å²) in [5.74, 6) is 0. The quantitative estimate of drug-likeness (QED) is 0.733. The van der Waals surface area contributed by atoms with Gasteiger partial charge in [-0.2, -0.15) is 13.2 Å². The molecule has 1 nitrogen and oxygen atoms in total. The van der Waals surface area contributed by atoms with E-state index in [1.807, 2.05) is 0 Å². The highest BCUT2D eigenvalue weighted by atomic mass is 79.9. The predicted molar refractivity (Wildman–Crippen MR) is 77.9 cm³/mol. The van der Waals surface area contributed by atoms with E-state index in [4.69, 9.17) is 11.6 Å². The number of rotatable bonds is 3. The first-order valence-electron chi connectivity index (χ1n) is 5.72. The van der Waals surface area contributed by atoms with E-state index in [9.17, 15) is 13.2 Å². The lowest BCUT2D eigenvalue weighted by Crippen LogP contribution is -2.11. The molecule has 0 fully saturated rings. The van der Waals surface area contributed by atoms with Gasteiger partial charge in [-0.15, -0.1) is 0 Å². The monoisotopic (exact) mass is 363 g/mol. The van der Waals surface area contributed by atoms with Gasteiger partial charge in [0.2, 0.25) is 0 Å². The zero-order valence-corrected chi connectivity index (χ0v) is 12.5. The van der Waals surface area contributed by atoms with E-state index in [2.05, 4.69) is 21.2 Å². The molecule has 0 atom stereocenters. The van der Waals surface area contributed by atoms with Crippen molar-refractivity contribution in [3.05, 3.63) is 63.1 Å². The summed E-state index contributed by atoms with van der Waals surface area (Å²) in [6, 6.07) is 10.6. The first-order chi connectivity index (χ1) is 9.39. The molecule has 2 aromatic carbocycles. The highest BCUT2D eigenvalue weighted by molar-refractivity contribution is 9.10. The molecule has 0 aliphatic carbocycles. The third kappa shape index (κ3) is 3.46. The normalized spacial score (nSPS) is 11.4. The SMILES string of the molecule is FC(F)(F)c1ccccc1CNc1cccc(Cl)c1Br. The Morgan fingerprint density at radius 2 is 1.75 bits per heavy atom. The number of hydrogen-bond donors (Lipinski definition) is 1. The molecule has 0 radical (unpaired) electrons. The Kier molecular flexibility index (Phi) is 4.60. The standard InChI is InChI=1S/C14H10BrClF3N/c15-13-11(16)6-3-7-12(13)20-8-9-4-1-2-5-10(9)14(17,18)19/h1-7,20H,8H2. The molecule has 0 unspecified atom stereocenters. The molecule has 1 N–H and O–H groups in total. The molecule has 0 spiro atoms. The Bertz CT molecular complexity index is 614. The lowest BCUT2D eigenvalue weighted by molar-refractivity contribution is -0.138. The van der Waals surface area contributed by atoms with Crippen LogP contribution in [0.1, 0.15) is 11.1 Å². The summed E-state index contributed by atoms with van der Waals surface area (Å²) in [5.41, 5.74) is 0.201. The molecule has 106 valence electrons. The van der Waals surface area contributed by atoms with Crippen molar-refractivity contribution in [1.82, 2.24) is 0 Å². The average molecular weight is 365 g/mol. The molecule has 0 aliphatic rings. The number of nitrogens with one attached hydrogen (secondary N) is 1.